The highest BCUT2D eigenvalue weighted by Crippen LogP contribution is 2.38. The molecule has 2 aliphatic rings. The van der Waals surface area contributed by atoms with Gasteiger partial charge in [0, 0.05) is 6.54 Å². The number of β-lactam (4-membered cyclic amide) rings is 1. The maximum Gasteiger partial charge on any atom is 0.245 e. The van der Waals surface area contributed by atoms with Crippen molar-refractivity contribution in [2.24, 2.45) is 0 Å². The van der Waals surface area contributed by atoms with E-state index in [4.69, 9.17) is 4.42 Å². The highest BCUT2D eigenvalue weighted by molar-refractivity contribution is 5.93. The topological polar surface area (TPSA) is 91.5 Å². The Labute approximate surface area is 104 Å². The fourth-order valence-corrected chi connectivity index (χ4v) is 2.87. The molecule has 98 valence electrons. The third-order valence-corrected chi connectivity index (χ3v) is 3.78. The summed E-state index contributed by atoms with van der Waals surface area (Å²) in [6.45, 7) is 3.08. The van der Waals surface area contributed by atoms with Gasteiger partial charge >= 0.3 is 0 Å². The lowest BCUT2D eigenvalue weighted by Gasteiger charge is -2.50. The number of carbonyl (C=O) groups is 1. The quantitative estimate of drug-likeness (QED) is 0.702. The number of amides is 1. The molecule has 1 aromatic heterocycles. The molecule has 3 heterocycles. The van der Waals surface area contributed by atoms with E-state index in [2.05, 4.69) is 15.5 Å². The standard InChI is InChI=1S/C11H16N4O3/c1-7(16)8(9-14-13-6-18-9)15-5-11(10(15)17)3-2-4-12-11/h6-8,12,16H,2-5H2,1H3/t7-,8?,11?/m1/s1. The summed E-state index contributed by atoms with van der Waals surface area (Å²) in [7, 11) is 0. The maximum absolute atomic E-state index is 12.3. The number of aliphatic hydroxyl groups excluding tert-OH is 1. The van der Waals surface area contributed by atoms with Crippen molar-refractivity contribution >= 4 is 5.91 Å². The molecule has 2 N–H and O–H groups in total. The zero-order chi connectivity index (χ0) is 12.8. The van der Waals surface area contributed by atoms with Gasteiger partial charge in [0.25, 0.3) is 0 Å². The molecule has 3 atom stereocenters. The van der Waals surface area contributed by atoms with E-state index in [1.54, 1.807) is 11.8 Å². The molecule has 0 radical (unpaired) electrons. The van der Waals surface area contributed by atoms with Crippen LogP contribution in [0.3, 0.4) is 0 Å². The minimum absolute atomic E-state index is 0.0177. The highest BCUT2D eigenvalue weighted by atomic mass is 16.4. The van der Waals surface area contributed by atoms with Crippen molar-refractivity contribution in [1.29, 1.82) is 0 Å². The zero-order valence-corrected chi connectivity index (χ0v) is 10.2. The van der Waals surface area contributed by atoms with Crippen LogP contribution in [0.15, 0.2) is 10.8 Å². The molecule has 2 unspecified atom stereocenters. The number of aliphatic hydroxyl groups is 1. The summed E-state index contributed by atoms with van der Waals surface area (Å²) >= 11 is 0. The Balaban J connectivity index is 1.80. The first-order valence-corrected chi connectivity index (χ1v) is 6.14. The normalized spacial score (nSPS) is 30.6. The number of nitrogens with one attached hydrogen (secondary N) is 1. The number of nitrogens with zero attached hydrogens (tertiary/aromatic N) is 3. The molecule has 7 nitrogen and oxygen atoms in total. The Kier molecular flexibility index (Phi) is 2.60. The minimum Gasteiger partial charge on any atom is -0.426 e. The summed E-state index contributed by atoms with van der Waals surface area (Å²) in [5.74, 6) is 0.301. The van der Waals surface area contributed by atoms with E-state index in [1.165, 1.54) is 6.39 Å². The SMILES string of the molecule is C[C@@H](O)C(c1nnco1)N1CC2(CCCN2)C1=O. The molecule has 0 bridgehead atoms. The van der Waals surface area contributed by atoms with Gasteiger partial charge in [-0.15, -0.1) is 10.2 Å². The third-order valence-electron chi connectivity index (χ3n) is 3.78. The molecule has 2 saturated heterocycles. The van der Waals surface area contributed by atoms with E-state index in [-0.39, 0.29) is 11.8 Å². The largest absolute Gasteiger partial charge is 0.426 e. The predicted octanol–water partition coefficient (Wildman–Crippen LogP) is -0.544. The van der Waals surface area contributed by atoms with Crippen LogP contribution in [0.4, 0.5) is 0 Å². The lowest BCUT2D eigenvalue weighted by Crippen LogP contribution is -2.72. The molecule has 18 heavy (non-hydrogen) atoms. The lowest BCUT2D eigenvalue weighted by atomic mass is 9.84. The maximum atomic E-state index is 12.3. The van der Waals surface area contributed by atoms with Crippen LogP contribution in [0.5, 0.6) is 0 Å². The smallest absolute Gasteiger partial charge is 0.245 e. The summed E-state index contributed by atoms with van der Waals surface area (Å²) in [5.41, 5.74) is -0.410. The first kappa shape index (κ1) is 11.6. The van der Waals surface area contributed by atoms with Crippen LogP contribution in [-0.4, -0.2) is 50.8 Å². The summed E-state index contributed by atoms with van der Waals surface area (Å²) in [6.07, 6.45) is 2.34. The molecule has 1 amide bonds. The molecule has 0 aromatic carbocycles. The fraction of sp³-hybridized carbons (Fsp3) is 0.727. The summed E-state index contributed by atoms with van der Waals surface area (Å²) < 4.78 is 5.12. The van der Waals surface area contributed by atoms with E-state index in [1.807, 2.05) is 0 Å². The molecule has 0 aliphatic carbocycles. The number of aromatic nitrogens is 2. The Bertz CT molecular complexity index is 439. The van der Waals surface area contributed by atoms with Gasteiger partial charge in [-0.25, -0.2) is 0 Å². The summed E-state index contributed by atoms with van der Waals surface area (Å²) in [6, 6.07) is -0.548. The van der Waals surface area contributed by atoms with E-state index in [0.29, 0.717) is 6.54 Å². The van der Waals surface area contributed by atoms with Crippen LogP contribution in [0.2, 0.25) is 0 Å². The number of hydrogen-bond donors (Lipinski definition) is 2. The van der Waals surface area contributed by atoms with Crippen molar-refractivity contribution in [3.8, 4) is 0 Å². The first-order chi connectivity index (χ1) is 8.64. The average Bonchev–Trinajstić information content (AvgIpc) is 2.99. The van der Waals surface area contributed by atoms with Gasteiger partial charge in [0.05, 0.1) is 6.10 Å². The van der Waals surface area contributed by atoms with Crippen molar-refractivity contribution < 1.29 is 14.3 Å². The van der Waals surface area contributed by atoms with Crippen molar-refractivity contribution in [3.63, 3.8) is 0 Å². The van der Waals surface area contributed by atoms with Crippen LogP contribution in [0, 0.1) is 0 Å². The molecule has 1 aromatic rings. The van der Waals surface area contributed by atoms with Gasteiger partial charge in [0.2, 0.25) is 18.2 Å². The fourth-order valence-electron chi connectivity index (χ4n) is 2.87. The Hall–Kier alpha value is -1.47. The molecule has 2 aliphatic heterocycles. The molecule has 2 fully saturated rings. The second kappa shape index (κ2) is 4.03. The van der Waals surface area contributed by atoms with Gasteiger partial charge in [0.15, 0.2) is 0 Å². The van der Waals surface area contributed by atoms with Gasteiger partial charge in [-0.1, -0.05) is 0 Å². The van der Waals surface area contributed by atoms with Gasteiger partial charge in [-0.05, 0) is 26.3 Å². The van der Waals surface area contributed by atoms with Crippen molar-refractivity contribution in [2.45, 2.75) is 37.5 Å². The van der Waals surface area contributed by atoms with E-state index in [9.17, 15) is 9.90 Å². The van der Waals surface area contributed by atoms with Crippen LogP contribution in [0.25, 0.3) is 0 Å². The van der Waals surface area contributed by atoms with E-state index < -0.39 is 17.7 Å². The van der Waals surface area contributed by atoms with Gasteiger partial charge < -0.3 is 19.7 Å². The number of rotatable bonds is 3. The van der Waals surface area contributed by atoms with E-state index in [0.717, 1.165) is 19.4 Å². The monoisotopic (exact) mass is 252 g/mol. The number of carbonyl (C=O) groups excluding carboxylic acids is 1. The summed E-state index contributed by atoms with van der Waals surface area (Å²) in [5, 5.41) is 20.5. The van der Waals surface area contributed by atoms with Gasteiger partial charge in [-0.3, -0.25) is 4.79 Å². The number of likely N-dealkylation sites (tertiary alicyclic amines) is 1. The van der Waals surface area contributed by atoms with Crippen LogP contribution < -0.4 is 5.32 Å². The average molecular weight is 252 g/mol. The third kappa shape index (κ3) is 1.54. The zero-order valence-electron chi connectivity index (χ0n) is 10.2. The number of hydrogen-bond acceptors (Lipinski definition) is 6. The van der Waals surface area contributed by atoms with Crippen molar-refractivity contribution in [3.05, 3.63) is 12.3 Å². The van der Waals surface area contributed by atoms with Crippen LogP contribution in [0.1, 0.15) is 31.7 Å². The Morgan fingerprint density at radius 3 is 3.00 bits per heavy atom. The Morgan fingerprint density at radius 1 is 1.67 bits per heavy atom. The second-order valence-electron chi connectivity index (χ2n) is 5.01. The lowest BCUT2D eigenvalue weighted by molar-refractivity contribution is -0.161. The Morgan fingerprint density at radius 2 is 2.50 bits per heavy atom. The molecule has 0 saturated carbocycles. The van der Waals surface area contributed by atoms with E-state index >= 15 is 0 Å². The molecule has 7 heteroatoms. The van der Waals surface area contributed by atoms with Crippen LogP contribution in [-0.2, 0) is 4.79 Å². The molecule has 3 rings (SSSR count). The minimum atomic E-state index is -0.742. The molecule has 1 spiro atoms. The van der Waals surface area contributed by atoms with Gasteiger partial charge in [0.1, 0.15) is 11.6 Å². The van der Waals surface area contributed by atoms with Crippen molar-refractivity contribution in [2.75, 3.05) is 13.1 Å². The second-order valence-corrected chi connectivity index (χ2v) is 5.01. The first-order valence-electron chi connectivity index (χ1n) is 6.14. The highest BCUT2D eigenvalue weighted by Gasteiger charge is 2.56. The molecular formula is C11H16N4O3. The van der Waals surface area contributed by atoms with Crippen LogP contribution >= 0.6 is 0 Å². The summed E-state index contributed by atoms with van der Waals surface area (Å²) in [4.78, 5) is 13.9. The van der Waals surface area contributed by atoms with Gasteiger partial charge in [-0.2, -0.15) is 0 Å². The molecular weight excluding hydrogens is 236 g/mol. The predicted molar refractivity (Wildman–Crippen MR) is 60.4 cm³/mol. The van der Waals surface area contributed by atoms with Crippen molar-refractivity contribution in [1.82, 2.24) is 20.4 Å².